The summed E-state index contributed by atoms with van der Waals surface area (Å²) < 4.78 is 24.1. The highest BCUT2D eigenvalue weighted by atomic mass is 19.1. The summed E-state index contributed by atoms with van der Waals surface area (Å²) >= 11 is 0. The van der Waals surface area contributed by atoms with Gasteiger partial charge in [-0.05, 0) is 48.0 Å². The predicted molar refractivity (Wildman–Crippen MR) is 97.5 cm³/mol. The number of hydrogen-bond donors (Lipinski definition) is 0. The topological polar surface area (TPSA) is 65.2 Å². The van der Waals surface area contributed by atoms with Crippen molar-refractivity contribution >= 4 is 16.7 Å². The van der Waals surface area contributed by atoms with Crippen LogP contribution in [0.15, 0.2) is 71.1 Å². The summed E-state index contributed by atoms with van der Waals surface area (Å²) in [6.45, 7) is 1.66. The number of benzene rings is 3. The molecule has 1 heterocycles. The van der Waals surface area contributed by atoms with Crippen LogP contribution >= 0.6 is 0 Å². The number of rotatable bonds is 4. The van der Waals surface area contributed by atoms with Gasteiger partial charge in [0.1, 0.15) is 5.82 Å². The average molecular weight is 362 g/mol. The lowest BCUT2D eigenvalue weighted by atomic mass is 10.0. The molecule has 0 saturated heterocycles. The molecule has 27 heavy (non-hydrogen) atoms. The molecule has 0 aliphatic heterocycles. The number of aromatic nitrogens is 2. The van der Waals surface area contributed by atoms with Gasteiger partial charge in [0.15, 0.2) is 6.10 Å². The molecule has 5 nitrogen and oxygen atoms in total. The standard InChI is InChI=1S/C21H15FN2O3/c1-13(19-23-24-20(27-19)15-9-11-16(22)12-10-15)26-21(25)18-8-4-6-14-5-2-3-7-17(14)18/h2-13H,1H3/t13-/m0/s1. The molecular weight excluding hydrogens is 347 g/mol. The normalized spacial score (nSPS) is 12.1. The molecule has 0 saturated carbocycles. The Morgan fingerprint density at radius 3 is 2.56 bits per heavy atom. The minimum absolute atomic E-state index is 0.169. The van der Waals surface area contributed by atoms with Crippen LogP contribution in [0, 0.1) is 5.82 Å². The molecule has 3 aromatic carbocycles. The number of carbonyl (C=O) groups excluding carboxylic acids is 1. The summed E-state index contributed by atoms with van der Waals surface area (Å²) in [6.07, 6.45) is -0.724. The van der Waals surface area contributed by atoms with Gasteiger partial charge in [-0.3, -0.25) is 0 Å². The fourth-order valence-corrected chi connectivity index (χ4v) is 2.79. The zero-order chi connectivity index (χ0) is 18.8. The summed E-state index contributed by atoms with van der Waals surface area (Å²) in [5.41, 5.74) is 1.06. The number of hydrogen-bond acceptors (Lipinski definition) is 5. The van der Waals surface area contributed by atoms with Crippen LogP contribution in [0.1, 0.15) is 29.3 Å². The van der Waals surface area contributed by atoms with Crippen molar-refractivity contribution in [1.82, 2.24) is 10.2 Å². The first-order valence-electron chi connectivity index (χ1n) is 8.40. The number of halogens is 1. The third kappa shape index (κ3) is 3.42. The summed E-state index contributed by atoms with van der Waals surface area (Å²) in [6, 6.07) is 18.7. The molecule has 1 aromatic heterocycles. The number of carbonyl (C=O) groups is 1. The largest absolute Gasteiger partial charge is 0.449 e. The first-order valence-corrected chi connectivity index (χ1v) is 8.40. The second-order valence-corrected chi connectivity index (χ2v) is 6.03. The van der Waals surface area contributed by atoms with E-state index in [9.17, 15) is 9.18 Å². The van der Waals surface area contributed by atoms with E-state index in [0.29, 0.717) is 11.1 Å². The Hall–Kier alpha value is -3.54. The zero-order valence-electron chi connectivity index (χ0n) is 14.4. The third-order valence-corrected chi connectivity index (χ3v) is 4.17. The van der Waals surface area contributed by atoms with Crippen molar-refractivity contribution in [3.63, 3.8) is 0 Å². The molecule has 4 rings (SSSR count). The van der Waals surface area contributed by atoms with Crippen LogP contribution in [0.2, 0.25) is 0 Å². The smallest absolute Gasteiger partial charge is 0.339 e. The van der Waals surface area contributed by atoms with Gasteiger partial charge >= 0.3 is 5.97 Å². The Morgan fingerprint density at radius 1 is 1.00 bits per heavy atom. The minimum Gasteiger partial charge on any atom is -0.449 e. The number of esters is 1. The SMILES string of the molecule is C[C@H](OC(=O)c1cccc2ccccc12)c1nnc(-c2ccc(F)cc2)o1. The third-order valence-electron chi connectivity index (χ3n) is 4.17. The number of nitrogens with zero attached hydrogens (tertiary/aromatic N) is 2. The molecule has 4 aromatic rings. The molecule has 0 radical (unpaired) electrons. The van der Waals surface area contributed by atoms with Gasteiger partial charge in [0.05, 0.1) is 5.56 Å². The predicted octanol–water partition coefficient (Wildman–Crippen LogP) is 4.95. The minimum atomic E-state index is -0.724. The van der Waals surface area contributed by atoms with Crippen molar-refractivity contribution in [2.75, 3.05) is 0 Å². The maximum Gasteiger partial charge on any atom is 0.339 e. The van der Waals surface area contributed by atoms with E-state index in [1.807, 2.05) is 36.4 Å². The van der Waals surface area contributed by atoms with Crippen molar-refractivity contribution in [1.29, 1.82) is 0 Å². The second kappa shape index (κ2) is 6.99. The van der Waals surface area contributed by atoms with Gasteiger partial charge in [-0.1, -0.05) is 36.4 Å². The van der Waals surface area contributed by atoms with E-state index in [1.165, 1.54) is 12.1 Å². The van der Waals surface area contributed by atoms with Crippen LogP contribution < -0.4 is 0 Å². The van der Waals surface area contributed by atoms with Crippen molar-refractivity contribution in [2.24, 2.45) is 0 Å². The Kier molecular flexibility index (Phi) is 4.38. The van der Waals surface area contributed by atoms with Gasteiger partial charge in [-0.2, -0.15) is 0 Å². The van der Waals surface area contributed by atoms with Crippen LogP contribution in [0.5, 0.6) is 0 Å². The van der Waals surface area contributed by atoms with Gasteiger partial charge in [0, 0.05) is 5.56 Å². The molecule has 0 N–H and O–H groups in total. The lowest BCUT2D eigenvalue weighted by Crippen LogP contribution is -2.10. The maximum absolute atomic E-state index is 13.0. The summed E-state index contributed by atoms with van der Waals surface area (Å²) in [7, 11) is 0. The first kappa shape index (κ1) is 16.9. The van der Waals surface area contributed by atoms with Crippen molar-refractivity contribution in [3.05, 3.63) is 84.0 Å². The molecule has 134 valence electrons. The highest BCUT2D eigenvalue weighted by molar-refractivity contribution is 6.04. The molecule has 0 amide bonds. The highest BCUT2D eigenvalue weighted by Gasteiger charge is 2.21. The van der Waals surface area contributed by atoms with Crippen LogP contribution in [-0.4, -0.2) is 16.2 Å². The summed E-state index contributed by atoms with van der Waals surface area (Å²) in [5.74, 6) is -0.419. The molecule has 0 bridgehead atoms. The van der Waals surface area contributed by atoms with Gasteiger partial charge in [-0.15, -0.1) is 10.2 Å². The van der Waals surface area contributed by atoms with E-state index in [2.05, 4.69) is 10.2 Å². The Bertz CT molecular complexity index is 1100. The van der Waals surface area contributed by atoms with E-state index >= 15 is 0 Å². The lowest BCUT2D eigenvalue weighted by molar-refractivity contribution is 0.0282. The fourth-order valence-electron chi connectivity index (χ4n) is 2.79. The van der Waals surface area contributed by atoms with Crippen molar-refractivity contribution < 1.29 is 18.3 Å². The number of ether oxygens (including phenoxy) is 1. The van der Waals surface area contributed by atoms with E-state index in [-0.39, 0.29) is 17.6 Å². The molecule has 0 unspecified atom stereocenters. The van der Waals surface area contributed by atoms with Crippen molar-refractivity contribution in [2.45, 2.75) is 13.0 Å². The van der Waals surface area contributed by atoms with E-state index in [0.717, 1.165) is 10.8 Å². The zero-order valence-corrected chi connectivity index (χ0v) is 14.4. The summed E-state index contributed by atoms with van der Waals surface area (Å²) in [4.78, 5) is 12.6. The molecule has 0 aliphatic rings. The quantitative estimate of drug-likeness (QED) is 0.481. The van der Waals surface area contributed by atoms with Gasteiger partial charge in [0.25, 0.3) is 5.89 Å². The first-order chi connectivity index (χ1) is 13.1. The molecule has 0 fully saturated rings. The molecule has 1 atom stereocenters. The molecule has 6 heteroatoms. The van der Waals surface area contributed by atoms with E-state index in [4.69, 9.17) is 9.15 Å². The van der Waals surface area contributed by atoms with E-state index in [1.54, 1.807) is 25.1 Å². The van der Waals surface area contributed by atoms with Crippen LogP contribution in [0.25, 0.3) is 22.2 Å². The Morgan fingerprint density at radius 2 is 1.74 bits per heavy atom. The highest BCUT2D eigenvalue weighted by Crippen LogP contribution is 2.25. The van der Waals surface area contributed by atoms with Crippen molar-refractivity contribution in [3.8, 4) is 11.5 Å². The van der Waals surface area contributed by atoms with Gasteiger partial charge in [-0.25, -0.2) is 9.18 Å². The fraction of sp³-hybridized carbons (Fsp3) is 0.0952. The van der Waals surface area contributed by atoms with Crippen LogP contribution in [0.3, 0.4) is 0 Å². The van der Waals surface area contributed by atoms with Gasteiger partial charge < -0.3 is 9.15 Å². The van der Waals surface area contributed by atoms with Gasteiger partial charge in [0.2, 0.25) is 5.89 Å². The molecular formula is C21H15FN2O3. The molecule has 0 aliphatic carbocycles. The summed E-state index contributed by atoms with van der Waals surface area (Å²) in [5, 5.41) is 9.64. The van der Waals surface area contributed by atoms with Crippen LogP contribution in [-0.2, 0) is 4.74 Å². The Balaban J connectivity index is 1.54. The van der Waals surface area contributed by atoms with E-state index < -0.39 is 12.1 Å². The maximum atomic E-state index is 13.0. The Labute approximate surface area is 154 Å². The lowest BCUT2D eigenvalue weighted by Gasteiger charge is -2.11. The monoisotopic (exact) mass is 362 g/mol. The molecule has 0 spiro atoms. The van der Waals surface area contributed by atoms with Crippen LogP contribution in [0.4, 0.5) is 4.39 Å². The second-order valence-electron chi connectivity index (χ2n) is 6.03. The number of fused-ring (bicyclic) bond motifs is 1. The average Bonchev–Trinajstić information content (AvgIpc) is 3.18.